The topological polar surface area (TPSA) is 55.1 Å². The fourth-order valence-corrected chi connectivity index (χ4v) is 2.52. The largest absolute Gasteiger partial charge is 0.355 e. The molecule has 0 bridgehead atoms. The molecule has 4 heteroatoms. The molecule has 0 aliphatic carbocycles. The predicted molar refractivity (Wildman–Crippen MR) is 93.6 cm³/mol. The van der Waals surface area contributed by atoms with Crippen molar-refractivity contribution >= 4 is 5.91 Å². The lowest BCUT2D eigenvalue weighted by atomic mass is 10.1. The average molecular weight is 320 g/mol. The van der Waals surface area contributed by atoms with Crippen LogP contribution in [0.5, 0.6) is 0 Å². The first-order valence-electron chi connectivity index (χ1n) is 8.09. The Morgan fingerprint density at radius 3 is 2.46 bits per heavy atom. The van der Waals surface area contributed by atoms with Gasteiger partial charge >= 0.3 is 0 Å². The molecule has 1 N–H and O–H groups in total. The van der Waals surface area contributed by atoms with Crippen LogP contribution in [0.1, 0.15) is 29.4 Å². The quantitative estimate of drug-likeness (QED) is 0.744. The molecule has 24 heavy (non-hydrogen) atoms. The second-order valence-electron chi connectivity index (χ2n) is 5.84. The molecule has 122 valence electrons. The van der Waals surface area contributed by atoms with Crippen molar-refractivity contribution in [2.24, 2.45) is 0 Å². The van der Waals surface area contributed by atoms with E-state index in [9.17, 15) is 4.79 Å². The van der Waals surface area contributed by atoms with Crippen LogP contribution in [-0.4, -0.2) is 17.1 Å². The maximum absolute atomic E-state index is 12.3. The molecule has 3 rings (SSSR count). The SMILES string of the molecule is CC(CCc1ccccc1)NC(=O)c1cc(-c2ccccc2)on1. The van der Waals surface area contributed by atoms with Crippen molar-refractivity contribution in [1.82, 2.24) is 10.5 Å². The number of aromatic nitrogens is 1. The van der Waals surface area contributed by atoms with Crippen molar-refractivity contribution in [2.45, 2.75) is 25.8 Å². The molecule has 0 aliphatic rings. The van der Waals surface area contributed by atoms with Crippen molar-refractivity contribution in [1.29, 1.82) is 0 Å². The highest BCUT2D eigenvalue weighted by atomic mass is 16.5. The highest BCUT2D eigenvalue weighted by molar-refractivity contribution is 5.93. The molecule has 1 aromatic heterocycles. The Kier molecular flexibility index (Phi) is 5.06. The van der Waals surface area contributed by atoms with Crippen LogP contribution in [0.25, 0.3) is 11.3 Å². The zero-order valence-electron chi connectivity index (χ0n) is 13.6. The summed E-state index contributed by atoms with van der Waals surface area (Å²) in [5, 5.41) is 6.85. The Balaban J connectivity index is 1.56. The van der Waals surface area contributed by atoms with Gasteiger partial charge in [-0.3, -0.25) is 4.79 Å². The van der Waals surface area contributed by atoms with E-state index in [-0.39, 0.29) is 11.9 Å². The summed E-state index contributed by atoms with van der Waals surface area (Å²) in [5.41, 5.74) is 2.48. The van der Waals surface area contributed by atoms with Gasteiger partial charge in [0.2, 0.25) is 0 Å². The van der Waals surface area contributed by atoms with Crippen LogP contribution in [0.4, 0.5) is 0 Å². The van der Waals surface area contributed by atoms with E-state index in [0.717, 1.165) is 18.4 Å². The first-order chi connectivity index (χ1) is 11.7. The number of carbonyl (C=O) groups excluding carboxylic acids is 1. The van der Waals surface area contributed by atoms with Crippen molar-refractivity contribution in [2.75, 3.05) is 0 Å². The van der Waals surface area contributed by atoms with Gasteiger partial charge in [0.1, 0.15) is 0 Å². The Morgan fingerprint density at radius 2 is 1.75 bits per heavy atom. The van der Waals surface area contributed by atoms with Crippen LogP contribution >= 0.6 is 0 Å². The van der Waals surface area contributed by atoms with Gasteiger partial charge in [-0.1, -0.05) is 65.8 Å². The fraction of sp³-hybridized carbons (Fsp3) is 0.200. The Bertz CT molecular complexity index is 782. The van der Waals surface area contributed by atoms with Crippen molar-refractivity contribution < 1.29 is 9.32 Å². The normalized spacial score (nSPS) is 11.9. The van der Waals surface area contributed by atoms with Crippen LogP contribution in [-0.2, 0) is 6.42 Å². The molecule has 0 radical (unpaired) electrons. The third-order valence-electron chi connectivity index (χ3n) is 3.89. The zero-order chi connectivity index (χ0) is 16.8. The molecule has 0 saturated carbocycles. The van der Waals surface area contributed by atoms with Gasteiger partial charge in [-0.15, -0.1) is 0 Å². The molecular formula is C20H20N2O2. The highest BCUT2D eigenvalue weighted by Gasteiger charge is 2.15. The molecule has 4 nitrogen and oxygen atoms in total. The molecule has 3 aromatic rings. The number of rotatable bonds is 6. The molecule has 1 amide bonds. The first-order valence-corrected chi connectivity index (χ1v) is 8.09. The maximum atomic E-state index is 12.3. The predicted octanol–water partition coefficient (Wildman–Crippen LogP) is 4.09. The van der Waals surface area contributed by atoms with Gasteiger partial charge in [0.15, 0.2) is 11.5 Å². The van der Waals surface area contributed by atoms with E-state index >= 15 is 0 Å². The smallest absolute Gasteiger partial charge is 0.273 e. The third kappa shape index (κ3) is 4.10. The van der Waals surface area contributed by atoms with Gasteiger partial charge < -0.3 is 9.84 Å². The number of benzene rings is 2. The van der Waals surface area contributed by atoms with Gasteiger partial charge in [-0.2, -0.15) is 0 Å². The summed E-state index contributed by atoms with van der Waals surface area (Å²) in [6.07, 6.45) is 1.80. The van der Waals surface area contributed by atoms with Gasteiger partial charge in [-0.05, 0) is 25.3 Å². The van der Waals surface area contributed by atoms with Crippen LogP contribution in [0.3, 0.4) is 0 Å². The van der Waals surface area contributed by atoms with E-state index in [1.54, 1.807) is 6.07 Å². The second-order valence-corrected chi connectivity index (χ2v) is 5.84. The average Bonchev–Trinajstić information content (AvgIpc) is 3.12. The van der Waals surface area contributed by atoms with E-state index < -0.39 is 0 Å². The van der Waals surface area contributed by atoms with E-state index in [1.807, 2.05) is 55.5 Å². The number of nitrogens with zero attached hydrogens (tertiary/aromatic N) is 1. The number of hydrogen-bond acceptors (Lipinski definition) is 3. The minimum Gasteiger partial charge on any atom is -0.355 e. The highest BCUT2D eigenvalue weighted by Crippen LogP contribution is 2.19. The van der Waals surface area contributed by atoms with Gasteiger partial charge in [-0.25, -0.2) is 0 Å². The minimum absolute atomic E-state index is 0.0644. The number of hydrogen-bond donors (Lipinski definition) is 1. The Morgan fingerprint density at radius 1 is 1.08 bits per heavy atom. The van der Waals surface area contributed by atoms with Crippen LogP contribution in [0.2, 0.25) is 0 Å². The van der Waals surface area contributed by atoms with Crippen LogP contribution in [0, 0.1) is 0 Å². The number of aryl methyl sites for hydroxylation is 1. The van der Waals surface area contributed by atoms with E-state index in [4.69, 9.17) is 4.52 Å². The lowest BCUT2D eigenvalue weighted by Gasteiger charge is -2.12. The van der Waals surface area contributed by atoms with Crippen molar-refractivity contribution in [3.8, 4) is 11.3 Å². The lowest BCUT2D eigenvalue weighted by molar-refractivity contribution is 0.0929. The number of amides is 1. The van der Waals surface area contributed by atoms with Crippen LogP contribution in [0.15, 0.2) is 71.3 Å². The summed E-state index contributed by atoms with van der Waals surface area (Å²) >= 11 is 0. The standard InChI is InChI=1S/C20H20N2O2/c1-15(12-13-16-8-4-2-5-9-16)21-20(23)18-14-19(24-22-18)17-10-6-3-7-11-17/h2-11,14-15H,12-13H2,1H3,(H,21,23). The molecule has 2 aromatic carbocycles. The van der Waals surface area contributed by atoms with Gasteiger partial charge in [0, 0.05) is 17.7 Å². The molecule has 0 saturated heterocycles. The second kappa shape index (κ2) is 7.59. The van der Waals surface area contributed by atoms with E-state index in [0.29, 0.717) is 11.5 Å². The molecule has 0 aliphatic heterocycles. The fourth-order valence-electron chi connectivity index (χ4n) is 2.52. The summed E-state index contributed by atoms with van der Waals surface area (Å²) < 4.78 is 5.27. The minimum atomic E-state index is -0.207. The van der Waals surface area contributed by atoms with E-state index in [2.05, 4.69) is 22.6 Å². The summed E-state index contributed by atoms with van der Waals surface area (Å²) in [7, 11) is 0. The molecule has 0 spiro atoms. The van der Waals surface area contributed by atoms with Gasteiger partial charge in [0.05, 0.1) is 0 Å². The summed E-state index contributed by atoms with van der Waals surface area (Å²) in [6.45, 7) is 2.00. The van der Waals surface area contributed by atoms with Crippen LogP contribution < -0.4 is 5.32 Å². The number of nitrogens with one attached hydrogen (secondary N) is 1. The third-order valence-corrected chi connectivity index (χ3v) is 3.89. The summed E-state index contributed by atoms with van der Waals surface area (Å²) in [4.78, 5) is 12.3. The molecule has 1 heterocycles. The molecule has 0 fully saturated rings. The lowest BCUT2D eigenvalue weighted by Crippen LogP contribution is -2.33. The summed E-state index contributed by atoms with van der Waals surface area (Å²) in [5.74, 6) is 0.388. The zero-order valence-corrected chi connectivity index (χ0v) is 13.6. The number of carbonyl (C=O) groups is 1. The van der Waals surface area contributed by atoms with Crippen molar-refractivity contribution in [3.63, 3.8) is 0 Å². The Labute approximate surface area is 141 Å². The molecular weight excluding hydrogens is 300 g/mol. The summed E-state index contributed by atoms with van der Waals surface area (Å²) in [6, 6.07) is 21.6. The first kappa shape index (κ1) is 16.0. The Hall–Kier alpha value is -2.88. The monoisotopic (exact) mass is 320 g/mol. The maximum Gasteiger partial charge on any atom is 0.273 e. The van der Waals surface area contributed by atoms with E-state index in [1.165, 1.54) is 5.56 Å². The van der Waals surface area contributed by atoms with Crippen molar-refractivity contribution in [3.05, 3.63) is 78.0 Å². The van der Waals surface area contributed by atoms with Gasteiger partial charge in [0.25, 0.3) is 5.91 Å². The molecule has 1 unspecified atom stereocenters. The molecule has 1 atom stereocenters.